The van der Waals surface area contributed by atoms with E-state index < -0.39 is 0 Å². The fraction of sp³-hybridized carbons (Fsp3) is 0.455. The monoisotopic (exact) mass is 251 g/mol. The molecule has 1 aliphatic carbocycles. The SMILES string of the molecule is CNC(c1nccs1)c1nc2c(s1)CCC2. The van der Waals surface area contributed by atoms with E-state index in [4.69, 9.17) is 4.98 Å². The zero-order chi connectivity index (χ0) is 11.0. The molecule has 0 spiro atoms. The molecule has 3 rings (SSSR count). The van der Waals surface area contributed by atoms with Crippen LogP contribution in [0.25, 0.3) is 0 Å². The summed E-state index contributed by atoms with van der Waals surface area (Å²) in [7, 11) is 1.97. The maximum absolute atomic E-state index is 4.74. The van der Waals surface area contributed by atoms with E-state index in [9.17, 15) is 0 Å². The molecule has 0 saturated heterocycles. The van der Waals surface area contributed by atoms with Crippen LogP contribution in [0.15, 0.2) is 11.6 Å². The van der Waals surface area contributed by atoms with Gasteiger partial charge in [-0.05, 0) is 26.3 Å². The molecule has 16 heavy (non-hydrogen) atoms. The van der Waals surface area contributed by atoms with E-state index in [1.807, 2.05) is 30.0 Å². The highest BCUT2D eigenvalue weighted by Crippen LogP contribution is 2.33. The van der Waals surface area contributed by atoms with Crippen molar-refractivity contribution < 1.29 is 0 Å². The molecule has 0 aromatic carbocycles. The number of nitrogens with one attached hydrogen (secondary N) is 1. The highest BCUT2D eigenvalue weighted by atomic mass is 32.1. The van der Waals surface area contributed by atoms with Gasteiger partial charge in [-0.1, -0.05) is 0 Å². The second kappa shape index (κ2) is 4.24. The Morgan fingerprint density at radius 1 is 1.38 bits per heavy atom. The van der Waals surface area contributed by atoms with E-state index in [0.717, 1.165) is 11.4 Å². The summed E-state index contributed by atoms with van der Waals surface area (Å²) in [6.45, 7) is 0. The largest absolute Gasteiger partial charge is 0.305 e. The summed E-state index contributed by atoms with van der Waals surface area (Å²) in [6.07, 6.45) is 5.49. The lowest BCUT2D eigenvalue weighted by molar-refractivity contribution is 0.678. The maximum atomic E-state index is 4.74. The van der Waals surface area contributed by atoms with E-state index in [1.54, 1.807) is 11.3 Å². The van der Waals surface area contributed by atoms with Gasteiger partial charge in [0.2, 0.25) is 0 Å². The molecule has 5 heteroatoms. The minimum atomic E-state index is 0.176. The number of aryl methyl sites for hydroxylation is 2. The van der Waals surface area contributed by atoms with E-state index in [-0.39, 0.29) is 6.04 Å². The molecule has 0 bridgehead atoms. The van der Waals surface area contributed by atoms with E-state index in [1.165, 1.54) is 28.4 Å². The lowest BCUT2D eigenvalue weighted by Crippen LogP contribution is -2.17. The first-order valence-corrected chi connectivity index (χ1v) is 7.13. The highest BCUT2D eigenvalue weighted by molar-refractivity contribution is 7.12. The van der Waals surface area contributed by atoms with Crippen molar-refractivity contribution in [1.29, 1.82) is 0 Å². The predicted octanol–water partition coefficient (Wildman–Crippen LogP) is 2.40. The average Bonchev–Trinajstić information content (AvgIpc) is 2.91. The standard InChI is InChI=1S/C11H13N3S2/c1-12-9(10-13-5-6-15-10)11-14-7-3-2-4-8(7)16-11/h5-6,9,12H,2-4H2,1H3. The molecule has 0 amide bonds. The third-order valence-corrected chi connectivity index (χ3v) is 4.91. The second-order valence-electron chi connectivity index (χ2n) is 3.87. The molecule has 1 aliphatic rings. The summed E-state index contributed by atoms with van der Waals surface area (Å²) in [4.78, 5) is 10.6. The van der Waals surface area contributed by atoms with Crippen molar-refractivity contribution in [2.24, 2.45) is 0 Å². The zero-order valence-electron chi connectivity index (χ0n) is 9.06. The van der Waals surface area contributed by atoms with Gasteiger partial charge in [-0.2, -0.15) is 0 Å². The quantitative estimate of drug-likeness (QED) is 0.910. The minimum absolute atomic E-state index is 0.176. The number of hydrogen-bond donors (Lipinski definition) is 1. The molecule has 1 unspecified atom stereocenters. The molecule has 0 radical (unpaired) electrons. The van der Waals surface area contributed by atoms with Gasteiger partial charge in [-0.15, -0.1) is 22.7 Å². The van der Waals surface area contributed by atoms with Gasteiger partial charge in [-0.3, -0.25) is 0 Å². The molecule has 1 atom stereocenters. The Morgan fingerprint density at radius 2 is 2.31 bits per heavy atom. The first-order chi connectivity index (χ1) is 7.88. The summed E-state index contributed by atoms with van der Waals surface area (Å²) in [6, 6.07) is 0.176. The molecule has 0 saturated carbocycles. The summed E-state index contributed by atoms with van der Waals surface area (Å²) >= 11 is 3.53. The lowest BCUT2D eigenvalue weighted by Gasteiger charge is -2.09. The van der Waals surface area contributed by atoms with Gasteiger partial charge >= 0.3 is 0 Å². The van der Waals surface area contributed by atoms with Crippen molar-refractivity contribution in [3.8, 4) is 0 Å². The molecule has 2 aromatic rings. The second-order valence-corrected chi connectivity index (χ2v) is 5.91. The van der Waals surface area contributed by atoms with Crippen molar-refractivity contribution in [1.82, 2.24) is 15.3 Å². The van der Waals surface area contributed by atoms with Crippen LogP contribution in [0, 0.1) is 0 Å². The Hall–Kier alpha value is -0.780. The topological polar surface area (TPSA) is 37.8 Å². The van der Waals surface area contributed by atoms with Crippen LogP contribution >= 0.6 is 22.7 Å². The molecule has 0 aliphatic heterocycles. The van der Waals surface area contributed by atoms with Crippen LogP contribution in [0.4, 0.5) is 0 Å². The lowest BCUT2D eigenvalue weighted by atomic mass is 10.3. The van der Waals surface area contributed by atoms with Gasteiger partial charge in [0.25, 0.3) is 0 Å². The van der Waals surface area contributed by atoms with Gasteiger partial charge in [0.15, 0.2) is 0 Å². The third kappa shape index (κ3) is 1.69. The van der Waals surface area contributed by atoms with Gasteiger partial charge in [-0.25, -0.2) is 9.97 Å². The number of nitrogens with zero attached hydrogens (tertiary/aromatic N) is 2. The van der Waals surface area contributed by atoms with Gasteiger partial charge in [0.1, 0.15) is 16.1 Å². The van der Waals surface area contributed by atoms with Crippen LogP contribution < -0.4 is 5.32 Å². The van der Waals surface area contributed by atoms with Crippen LogP contribution in [-0.2, 0) is 12.8 Å². The molecular formula is C11H13N3S2. The molecule has 2 heterocycles. The first-order valence-electron chi connectivity index (χ1n) is 5.43. The Morgan fingerprint density at radius 3 is 3.00 bits per heavy atom. The third-order valence-electron chi connectivity index (χ3n) is 2.85. The van der Waals surface area contributed by atoms with E-state index in [2.05, 4.69) is 10.3 Å². The van der Waals surface area contributed by atoms with Crippen LogP contribution in [-0.4, -0.2) is 17.0 Å². The van der Waals surface area contributed by atoms with E-state index >= 15 is 0 Å². The molecule has 0 fully saturated rings. The Bertz CT molecular complexity index is 454. The van der Waals surface area contributed by atoms with Crippen molar-refractivity contribution in [3.63, 3.8) is 0 Å². The fourth-order valence-electron chi connectivity index (χ4n) is 2.06. The summed E-state index contributed by atoms with van der Waals surface area (Å²) in [5.41, 5.74) is 1.32. The molecule has 84 valence electrons. The highest BCUT2D eigenvalue weighted by Gasteiger charge is 2.23. The molecule has 3 nitrogen and oxygen atoms in total. The Labute approximate surface area is 103 Å². The van der Waals surface area contributed by atoms with Gasteiger partial charge in [0, 0.05) is 16.5 Å². The van der Waals surface area contributed by atoms with Crippen LogP contribution in [0.2, 0.25) is 0 Å². The zero-order valence-corrected chi connectivity index (χ0v) is 10.7. The van der Waals surface area contributed by atoms with E-state index in [0.29, 0.717) is 0 Å². The molecule has 2 aromatic heterocycles. The van der Waals surface area contributed by atoms with Gasteiger partial charge < -0.3 is 5.32 Å². The number of hydrogen-bond acceptors (Lipinski definition) is 5. The molecular weight excluding hydrogens is 238 g/mol. The Kier molecular flexibility index (Phi) is 2.75. The summed E-state index contributed by atoms with van der Waals surface area (Å²) < 4.78 is 0. The van der Waals surface area contributed by atoms with Crippen LogP contribution in [0.1, 0.15) is 33.0 Å². The smallest absolute Gasteiger partial charge is 0.117 e. The molecule has 1 N–H and O–H groups in total. The number of fused-ring (bicyclic) bond motifs is 1. The van der Waals surface area contributed by atoms with Crippen molar-refractivity contribution in [3.05, 3.63) is 32.2 Å². The summed E-state index contributed by atoms with van der Waals surface area (Å²) in [5, 5.41) is 7.60. The number of aromatic nitrogens is 2. The first kappa shape index (κ1) is 10.4. The van der Waals surface area contributed by atoms with Crippen LogP contribution in [0.3, 0.4) is 0 Å². The predicted molar refractivity (Wildman–Crippen MR) is 67.2 cm³/mol. The fourth-order valence-corrected chi connectivity index (χ4v) is 4.15. The number of rotatable bonds is 3. The van der Waals surface area contributed by atoms with Gasteiger partial charge in [0.05, 0.1) is 5.69 Å². The summed E-state index contributed by atoms with van der Waals surface area (Å²) in [5.74, 6) is 0. The maximum Gasteiger partial charge on any atom is 0.117 e. The van der Waals surface area contributed by atoms with Crippen molar-refractivity contribution >= 4 is 22.7 Å². The van der Waals surface area contributed by atoms with Crippen LogP contribution in [0.5, 0.6) is 0 Å². The minimum Gasteiger partial charge on any atom is -0.305 e. The number of thiazole rings is 2. The average molecular weight is 251 g/mol. The van der Waals surface area contributed by atoms with Crippen molar-refractivity contribution in [2.45, 2.75) is 25.3 Å². The Balaban J connectivity index is 1.95. The van der Waals surface area contributed by atoms with Crippen molar-refractivity contribution in [2.75, 3.05) is 7.05 Å². The normalized spacial score (nSPS) is 16.3.